The average Bonchev–Trinajstić information content (AvgIpc) is 3.23. The number of carbonyl (C=O) groups is 1. The first-order valence-electron chi connectivity index (χ1n) is 7.51. The Balaban J connectivity index is 1.58. The van der Waals surface area contributed by atoms with Crippen LogP contribution in [0, 0.1) is 6.92 Å². The maximum absolute atomic E-state index is 12.4. The van der Waals surface area contributed by atoms with E-state index in [1.807, 2.05) is 6.92 Å². The molecule has 2 heterocycles. The minimum Gasteiger partial charge on any atom is -0.486 e. The Labute approximate surface area is 154 Å². The van der Waals surface area contributed by atoms with Gasteiger partial charge < -0.3 is 14.2 Å². The highest BCUT2D eigenvalue weighted by Gasteiger charge is 2.17. The lowest BCUT2D eigenvalue weighted by Crippen LogP contribution is -2.26. The minimum atomic E-state index is -0.172. The molecular weight excluding hydrogens is 362 g/mol. The number of aryl methyl sites for hydroxylation is 1. The van der Waals surface area contributed by atoms with Gasteiger partial charge in [0.25, 0.3) is 5.91 Å². The van der Waals surface area contributed by atoms with E-state index >= 15 is 0 Å². The van der Waals surface area contributed by atoms with E-state index in [2.05, 4.69) is 10.1 Å². The van der Waals surface area contributed by atoms with Gasteiger partial charge in [-0.1, -0.05) is 16.8 Å². The molecule has 0 aliphatic heterocycles. The SMILES string of the molecule is Cc1cc(CN(C)C(=O)c2csc(COc3ccc(Cl)cc3)n2)no1. The van der Waals surface area contributed by atoms with Crippen LogP contribution in [0.4, 0.5) is 0 Å². The number of nitrogens with zero attached hydrogens (tertiary/aromatic N) is 3. The van der Waals surface area contributed by atoms with Gasteiger partial charge >= 0.3 is 0 Å². The fraction of sp³-hybridized carbons (Fsp3) is 0.235. The number of ether oxygens (including phenoxy) is 1. The molecule has 0 bridgehead atoms. The lowest BCUT2D eigenvalue weighted by molar-refractivity contribution is 0.0776. The molecule has 3 aromatic rings. The number of halogens is 1. The van der Waals surface area contributed by atoms with Crippen LogP contribution >= 0.6 is 22.9 Å². The van der Waals surface area contributed by atoms with Gasteiger partial charge in [-0.15, -0.1) is 11.3 Å². The molecule has 1 aromatic carbocycles. The van der Waals surface area contributed by atoms with E-state index in [1.165, 1.54) is 11.3 Å². The van der Waals surface area contributed by atoms with Crippen LogP contribution in [0.15, 0.2) is 40.2 Å². The van der Waals surface area contributed by atoms with Crippen LogP contribution in [-0.4, -0.2) is 28.0 Å². The number of benzene rings is 1. The van der Waals surface area contributed by atoms with Gasteiger partial charge in [0.15, 0.2) is 0 Å². The van der Waals surface area contributed by atoms with Crippen LogP contribution in [0.2, 0.25) is 5.02 Å². The molecule has 0 aliphatic rings. The summed E-state index contributed by atoms with van der Waals surface area (Å²) in [6.07, 6.45) is 0. The van der Waals surface area contributed by atoms with Crippen LogP contribution in [-0.2, 0) is 13.2 Å². The zero-order valence-corrected chi connectivity index (χ0v) is 15.3. The minimum absolute atomic E-state index is 0.172. The van der Waals surface area contributed by atoms with Crippen LogP contribution in [0.25, 0.3) is 0 Å². The van der Waals surface area contributed by atoms with Crippen molar-refractivity contribution in [1.82, 2.24) is 15.0 Å². The monoisotopic (exact) mass is 377 g/mol. The summed E-state index contributed by atoms with van der Waals surface area (Å²) in [6.45, 7) is 2.47. The van der Waals surface area contributed by atoms with Gasteiger partial charge in [0.05, 0.1) is 6.54 Å². The predicted octanol–water partition coefficient (Wildman–Crippen LogP) is 3.94. The largest absolute Gasteiger partial charge is 0.486 e. The van der Waals surface area contributed by atoms with Gasteiger partial charge in [-0.3, -0.25) is 4.79 Å². The topological polar surface area (TPSA) is 68.5 Å². The summed E-state index contributed by atoms with van der Waals surface area (Å²) in [5, 5.41) is 7.00. The summed E-state index contributed by atoms with van der Waals surface area (Å²) in [5.41, 5.74) is 1.09. The molecule has 0 N–H and O–H groups in total. The standard InChI is InChI=1S/C17H16ClN3O3S/c1-11-7-13(20-24-11)8-21(2)17(22)15-10-25-16(19-15)9-23-14-5-3-12(18)4-6-14/h3-7,10H,8-9H2,1-2H3. The third-order valence-electron chi connectivity index (χ3n) is 3.37. The first-order valence-corrected chi connectivity index (χ1v) is 8.77. The Hall–Kier alpha value is -2.38. The molecule has 0 atom stereocenters. The fourth-order valence-electron chi connectivity index (χ4n) is 2.15. The molecule has 8 heteroatoms. The smallest absolute Gasteiger partial charge is 0.273 e. The lowest BCUT2D eigenvalue weighted by atomic mass is 10.3. The maximum atomic E-state index is 12.4. The first-order chi connectivity index (χ1) is 12.0. The number of hydrogen-bond donors (Lipinski definition) is 0. The van der Waals surface area contributed by atoms with Gasteiger partial charge in [-0.25, -0.2) is 4.98 Å². The number of hydrogen-bond acceptors (Lipinski definition) is 6. The van der Waals surface area contributed by atoms with Crippen LogP contribution in [0.5, 0.6) is 5.75 Å². The zero-order valence-electron chi connectivity index (χ0n) is 13.7. The molecular formula is C17H16ClN3O3S. The third kappa shape index (κ3) is 4.58. The summed E-state index contributed by atoms with van der Waals surface area (Å²) in [4.78, 5) is 18.3. The number of carbonyl (C=O) groups excluding carboxylic acids is 1. The molecule has 3 rings (SSSR count). The predicted molar refractivity (Wildman–Crippen MR) is 94.9 cm³/mol. The molecule has 6 nitrogen and oxygen atoms in total. The van der Waals surface area contributed by atoms with Gasteiger partial charge in [0.2, 0.25) is 0 Å². The van der Waals surface area contributed by atoms with Crippen LogP contribution in [0.1, 0.15) is 27.0 Å². The summed E-state index contributed by atoms with van der Waals surface area (Å²) in [5.74, 6) is 1.24. The number of thiazole rings is 1. The van der Waals surface area contributed by atoms with E-state index in [-0.39, 0.29) is 5.91 Å². The van der Waals surface area contributed by atoms with E-state index in [9.17, 15) is 4.79 Å². The third-order valence-corrected chi connectivity index (χ3v) is 4.44. The fourth-order valence-corrected chi connectivity index (χ4v) is 2.96. The number of rotatable bonds is 6. The Morgan fingerprint density at radius 1 is 1.36 bits per heavy atom. The quantitative estimate of drug-likeness (QED) is 0.650. The Morgan fingerprint density at radius 2 is 2.12 bits per heavy atom. The van der Waals surface area contributed by atoms with E-state index in [4.69, 9.17) is 20.9 Å². The van der Waals surface area contributed by atoms with Gasteiger partial charge in [0.1, 0.15) is 34.5 Å². The lowest BCUT2D eigenvalue weighted by Gasteiger charge is -2.13. The molecule has 0 aliphatic carbocycles. The van der Waals surface area contributed by atoms with Gasteiger partial charge in [-0.05, 0) is 31.2 Å². The highest BCUT2D eigenvalue weighted by atomic mass is 35.5. The summed E-state index contributed by atoms with van der Waals surface area (Å²) >= 11 is 7.22. The number of amides is 1. The highest BCUT2D eigenvalue weighted by Crippen LogP contribution is 2.19. The van der Waals surface area contributed by atoms with Crippen molar-refractivity contribution >= 4 is 28.8 Å². The Bertz CT molecular complexity index is 860. The first kappa shape index (κ1) is 17.4. The molecule has 1 amide bonds. The van der Waals surface area contributed by atoms with Crippen molar-refractivity contribution in [2.75, 3.05) is 7.05 Å². The molecule has 2 aromatic heterocycles. The normalized spacial score (nSPS) is 10.7. The second-order valence-corrected chi connectivity index (χ2v) is 6.84. The summed E-state index contributed by atoms with van der Waals surface area (Å²) < 4.78 is 10.7. The van der Waals surface area contributed by atoms with Crippen molar-refractivity contribution in [3.8, 4) is 5.75 Å². The summed E-state index contributed by atoms with van der Waals surface area (Å²) in [7, 11) is 1.70. The molecule has 0 saturated heterocycles. The van der Waals surface area contributed by atoms with Crippen molar-refractivity contribution in [3.05, 3.63) is 62.9 Å². The Morgan fingerprint density at radius 3 is 2.80 bits per heavy atom. The highest BCUT2D eigenvalue weighted by molar-refractivity contribution is 7.09. The zero-order chi connectivity index (χ0) is 17.8. The van der Waals surface area contributed by atoms with Crippen molar-refractivity contribution in [1.29, 1.82) is 0 Å². The molecule has 0 spiro atoms. The van der Waals surface area contributed by atoms with Crippen molar-refractivity contribution < 1.29 is 14.1 Å². The molecule has 0 saturated carbocycles. The maximum Gasteiger partial charge on any atom is 0.273 e. The second-order valence-electron chi connectivity index (χ2n) is 5.46. The van der Waals surface area contributed by atoms with Crippen molar-refractivity contribution in [3.63, 3.8) is 0 Å². The van der Waals surface area contributed by atoms with Crippen molar-refractivity contribution in [2.45, 2.75) is 20.1 Å². The van der Waals surface area contributed by atoms with E-state index < -0.39 is 0 Å². The second kappa shape index (κ2) is 7.67. The molecule has 130 valence electrons. The van der Waals surface area contributed by atoms with E-state index in [0.29, 0.717) is 41.1 Å². The van der Waals surface area contributed by atoms with Crippen LogP contribution < -0.4 is 4.74 Å². The average molecular weight is 378 g/mol. The molecule has 25 heavy (non-hydrogen) atoms. The number of aromatic nitrogens is 2. The van der Waals surface area contributed by atoms with E-state index in [1.54, 1.807) is 47.7 Å². The molecule has 0 unspecified atom stereocenters. The summed E-state index contributed by atoms with van der Waals surface area (Å²) in [6, 6.07) is 8.89. The van der Waals surface area contributed by atoms with E-state index in [0.717, 1.165) is 5.01 Å². The van der Waals surface area contributed by atoms with Crippen molar-refractivity contribution in [2.24, 2.45) is 0 Å². The Kier molecular flexibility index (Phi) is 5.35. The van der Waals surface area contributed by atoms with Gasteiger partial charge in [0, 0.05) is 23.5 Å². The van der Waals surface area contributed by atoms with Crippen LogP contribution in [0.3, 0.4) is 0 Å². The van der Waals surface area contributed by atoms with Gasteiger partial charge in [-0.2, -0.15) is 0 Å². The molecule has 0 fully saturated rings. The molecule has 0 radical (unpaired) electrons.